The second kappa shape index (κ2) is 6.18. The molecule has 0 atom stereocenters. The minimum atomic E-state index is -0.204. The second-order valence-corrected chi connectivity index (χ2v) is 4.41. The number of benzene rings is 1. The van der Waals surface area contributed by atoms with E-state index in [2.05, 4.69) is 15.2 Å². The summed E-state index contributed by atoms with van der Waals surface area (Å²) in [6, 6.07) is 10.5. The maximum Gasteiger partial charge on any atom is 0.127 e. The van der Waals surface area contributed by atoms with E-state index in [1.54, 1.807) is 18.3 Å². The number of aromatic nitrogens is 1. The summed E-state index contributed by atoms with van der Waals surface area (Å²) in [4.78, 5) is 6.35. The third-order valence-corrected chi connectivity index (χ3v) is 2.88. The average molecular weight is 259 g/mol. The molecule has 0 unspecified atom stereocenters. The maximum atomic E-state index is 12.9. The van der Waals surface area contributed by atoms with Crippen molar-refractivity contribution in [2.45, 2.75) is 13.5 Å². The van der Waals surface area contributed by atoms with Crippen LogP contribution >= 0.6 is 0 Å². The molecule has 19 heavy (non-hydrogen) atoms. The van der Waals surface area contributed by atoms with Crippen LogP contribution < -0.4 is 10.2 Å². The molecular weight excluding hydrogens is 241 g/mol. The summed E-state index contributed by atoms with van der Waals surface area (Å²) < 4.78 is 12.9. The average Bonchev–Trinajstić information content (AvgIpc) is 2.42. The maximum absolute atomic E-state index is 12.9. The Balaban J connectivity index is 2.08. The molecule has 0 aliphatic rings. The Labute approximate surface area is 113 Å². The van der Waals surface area contributed by atoms with Crippen molar-refractivity contribution in [3.05, 3.63) is 54.0 Å². The van der Waals surface area contributed by atoms with Gasteiger partial charge in [0.25, 0.3) is 0 Å². The van der Waals surface area contributed by atoms with E-state index in [9.17, 15) is 4.39 Å². The number of hydrogen-bond donors (Lipinski definition) is 1. The lowest BCUT2D eigenvalue weighted by Gasteiger charge is -2.20. The van der Waals surface area contributed by atoms with E-state index in [1.807, 2.05) is 26.1 Å². The van der Waals surface area contributed by atoms with Crippen LogP contribution in [0.5, 0.6) is 0 Å². The Morgan fingerprint density at radius 2 is 1.95 bits per heavy atom. The van der Waals surface area contributed by atoms with E-state index in [1.165, 1.54) is 12.1 Å². The second-order valence-electron chi connectivity index (χ2n) is 4.41. The first kappa shape index (κ1) is 13.3. The quantitative estimate of drug-likeness (QED) is 0.893. The molecule has 0 amide bonds. The minimum absolute atomic E-state index is 0.204. The Morgan fingerprint density at radius 1 is 1.21 bits per heavy atom. The van der Waals surface area contributed by atoms with Crippen molar-refractivity contribution in [2.24, 2.45) is 0 Å². The van der Waals surface area contributed by atoms with Crippen molar-refractivity contribution in [1.29, 1.82) is 0 Å². The summed E-state index contributed by atoms with van der Waals surface area (Å²) in [5, 5.41) is 3.19. The summed E-state index contributed by atoms with van der Waals surface area (Å²) in [7, 11) is 2.01. The number of rotatable bonds is 5. The smallest absolute Gasteiger partial charge is 0.127 e. The molecule has 0 radical (unpaired) electrons. The van der Waals surface area contributed by atoms with Gasteiger partial charge in [0.15, 0.2) is 0 Å². The number of anilines is 2. The van der Waals surface area contributed by atoms with Crippen molar-refractivity contribution in [3.8, 4) is 0 Å². The third-order valence-electron chi connectivity index (χ3n) is 2.88. The van der Waals surface area contributed by atoms with Gasteiger partial charge in [0.2, 0.25) is 0 Å². The molecule has 0 bridgehead atoms. The normalized spacial score (nSPS) is 10.3. The molecule has 0 saturated carbocycles. The van der Waals surface area contributed by atoms with Crippen LogP contribution in [0.3, 0.4) is 0 Å². The molecule has 3 nitrogen and oxygen atoms in total. The largest absolute Gasteiger partial charge is 0.370 e. The van der Waals surface area contributed by atoms with E-state index in [0.717, 1.165) is 30.2 Å². The highest BCUT2D eigenvalue weighted by Crippen LogP contribution is 2.18. The van der Waals surface area contributed by atoms with E-state index in [-0.39, 0.29) is 5.82 Å². The van der Waals surface area contributed by atoms with Crippen LogP contribution in [0.25, 0.3) is 0 Å². The molecule has 0 spiro atoms. The highest BCUT2D eigenvalue weighted by atomic mass is 19.1. The molecule has 100 valence electrons. The zero-order chi connectivity index (χ0) is 13.7. The predicted octanol–water partition coefficient (Wildman–Crippen LogP) is 3.29. The standard InChI is InChI=1S/C15H18FN3/c1-3-17-15-10-14(8-9-18-15)19(2)11-12-4-6-13(16)7-5-12/h4-10H,3,11H2,1-2H3,(H,17,18). The van der Waals surface area contributed by atoms with Gasteiger partial charge in [-0.2, -0.15) is 0 Å². The predicted molar refractivity (Wildman–Crippen MR) is 76.9 cm³/mol. The van der Waals surface area contributed by atoms with Gasteiger partial charge in [0.05, 0.1) is 0 Å². The SMILES string of the molecule is CCNc1cc(N(C)Cc2ccc(F)cc2)ccn1. The van der Waals surface area contributed by atoms with Gasteiger partial charge in [-0.3, -0.25) is 0 Å². The lowest BCUT2D eigenvalue weighted by Crippen LogP contribution is -2.16. The van der Waals surface area contributed by atoms with Gasteiger partial charge in [-0.15, -0.1) is 0 Å². The Bertz CT molecular complexity index is 525. The molecule has 2 rings (SSSR count). The zero-order valence-electron chi connectivity index (χ0n) is 11.2. The Kier molecular flexibility index (Phi) is 4.34. The highest BCUT2D eigenvalue weighted by molar-refractivity contribution is 5.53. The number of nitrogens with one attached hydrogen (secondary N) is 1. The number of halogens is 1. The fourth-order valence-electron chi connectivity index (χ4n) is 1.89. The van der Waals surface area contributed by atoms with Gasteiger partial charge in [0.1, 0.15) is 11.6 Å². The summed E-state index contributed by atoms with van der Waals surface area (Å²) in [5.41, 5.74) is 2.15. The Hall–Kier alpha value is -2.10. The molecule has 1 aromatic carbocycles. The number of nitrogens with zero attached hydrogens (tertiary/aromatic N) is 2. The van der Waals surface area contributed by atoms with Crippen LogP contribution in [0.4, 0.5) is 15.9 Å². The van der Waals surface area contributed by atoms with Gasteiger partial charge in [-0.05, 0) is 30.7 Å². The van der Waals surface area contributed by atoms with Crippen LogP contribution in [0.1, 0.15) is 12.5 Å². The summed E-state index contributed by atoms with van der Waals surface area (Å²) in [6.07, 6.45) is 1.79. The van der Waals surface area contributed by atoms with Crippen LogP contribution in [0, 0.1) is 5.82 Å². The number of hydrogen-bond acceptors (Lipinski definition) is 3. The molecule has 1 N–H and O–H groups in total. The zero-order valence-corrected chi connectivity index (χ0v) is 11.2. The first-order valence-corrected chi connectivity index (χ1v) is 6.34. The van der Waals surface area contributed by atoms with Crippen molar-refractivity contribution >= 4 is 11.5 Å². The Morgan fingerprint density at radius 3 is 2.63 bits per heavy atom. The number of pyridine rings is 1. The van der Waals surface area contributed by atoms with E-state index >= 15 is 0 Å². The molecule has 1 aromatic heterocycles. The minimum Gasteiger partial charge on any atom is -0.370 e. The van der Waals surface area contributed by atoms with Gasteiger partial charge >= 0.3 is 0 Å². The molecule has 0 aliphatic heterocycles. The lowest BCUT2D eigenvalue weighted by atomic mass is 10.2. The van der Waals surface area contributed by atoms with Crippen molar-refractivity contribution < 1.29 is 4.39 Å². The first-order valence-electron chi connectivity index (χ1n) is 6.34. The fraction of sp³-hybridized carbons (Fsp3) is 0.267. The monoisotopic (exact) mass is 259 g/mol. The molecule has 1 heterocycles. The van der Waals surface area contributed by atoms with Crippen LogP contribution in [0.15, 0.2) is 42.6 Å². The van der Waals surface area contributed by atoms with E-state index < -0.39 is 0 Å². The van der Waals surface area contributed by atoms with E-state index in [0.29, 0.717) is 0 Å². The third kappa shape index (κ3) is 3.68. The topological polar surface area (TPSA) is 28.2 Å². The van der Waals surface area contributed by atoms with Crippen molar-refractivity contribution in [1.82, 2.24) is 4.98 Å². The molecule has 0 fully saturated rings. The molecular formula is C15H18FN3. The van der Waals surface area contributed by atoms with E-state index in [4.69, 9.17) is 0 Å². The van der Waals surface area contributed by atoms with Crippen LogP contribution in [-0.4, -0.2) is 18.6 Å². The summed E-state index contributed by atoms with van der Waals surface area (Å²) >= 11 is 0. The lowest BCUT2D eigenvalue weighted by molar-refractivity contribution is 0.627. The molecule has 4 heteroatoms. The molecule has 0 saturated heterocycles. The first-order chi connectivity index (χ1) is 9.19. The van der Waals surface area contributed by atoms with Gasteiger partial charge in [-0.25, -0.2) is 9.37 Å². The fourth-order valence-corrected chi connectivity index (χ4v) is 1.89. The van der Waals surface area contributed by atoms with Gasteiger partial charge in [-0.1, -0.05) is 12.1 Å². The summed E-state index contributed by atoms with van der Waals surface area (Å²) in [5.74, 6) is 0.663. The van der Waals surface area contributed by atoms with Crippen LogP contribution in [-0.2, 0) is 6.54 Å². The van der Waals surface area contributed by atoms with Crippen LogP contribution in [0.2, 0.25) is 0 Å². The molecule has 0 aliphatic carbocycles. The van der Waals surface area contributed by atoms with Crippen molar-refractivity contribution in [3.63, 3.8) is 0 Å². The molecule has 2 aromatic rings. The van der Waals surface area contributed by atoms with Gasteiger partial charge in [0, 0.05) is 38.1 Å². The highest BCUT2D eigenvalue weighted by Gasteiger charge is 2.04. The van der Waals surface area contributed by atoms with Crippen molar-refractivity contribution in [2.75, 3.05) is 23.8 Å². The summed E-state index contributed by atoms with van der Waals surface area (Å²) in [6.45, 7) is 3.62. The van der Waals surface area contributed by atoms with Gasteiger partial charge < -0.3 is 10.2 Å².